The van der Waals surface area contributed by atoms with Crippen LogP contribution in [-0.2, 0) is 16.3 Å². The molecule has 6 heteroatoms. The summed E-state index contributed by atoms with van der Waals surface area (Å²) in [6, 6.07) is 18.9. The summed E-state index contributed by atoms with van der Waals surface area (Å²) in [4.78, 5) is 4.69. The number of aryl methyl sites for hydroxylation is 1. The number of hydrogen-bond donors (Lipinski definition) is 0. The largest absolute Gasteiger partial charge is 0.302 e. The first-order valence-electron chi connectivity index (χ1n) is 10.4. The fourth-order valence-electron chi connectivity index (χ4n) is 4.51. The number of rotatable bonds is 4. The van der Waals surface area contributed by atoms with Gasteiger partial charge in [-0.15, -0.1) is 0 Å². The maximum Gasteiger partial charge on any atom is 0.154 e. The SMILES string of the molecule is CC(c1ccc(-c2cn3c4c(nc3cc2F)CC[C@@H]4c2ccccc2)cc1)S(C)(=O)=O. The number of sulfone groups is 1. The van der Waals surface area contributed by atoms with Crippen LogP contribution in [0.3, 0.4) is 0 Å². The lowest BCUT2D eigenvalue weighted by Crippen LogP contribution is -2.07. The van der Waals surface area contributed by atoms with Crippen LogP contribution in [0.1, 0.15) is 47.0 Å². The molecule has 0 N–H and O–H groups in total. The normalized spacial score (nSPS) is 17.1. The number of hydrogen-bond acceptors (Lipinski definition) is 3. The van der Waals surface area contributed by atoms with Gasteiger partial charge in [0.15, 0.2) is 9.84 Å². The minimum atomic E-state index is -3.19. The van der Waals surface area contributed by atoms with Gasteiger partial charge in [-0.2, -0.15) is 0 Å². The van der Waals surface area contributed by atoms with Crippen LogP contribution in [0.4, 0.5) is 4.39 Å². The highest BCUT2D eigenvalue weighted by atomic mass is 32.2. The van der Waals surface area contributed by atoms with Crippen molar-refractivity contribution in [1.29, 1.82) is 0 Å². The maximum atomic E-state index is 15.0. The van der Waals surface area contributed by atoms with Crippen molar-refractivity contribution >= 4 is 15.5 Å². The predicted molar refractivity (Wildman–Crippen MR) is 120 cm³/mol. The van der Waals surface area contributed by atoms with Crippen molar-refractivity contribution in [3.05, 3.63) is 95.2 Å². The number of pyridine rings is 1. The van der Waals surface area contributed by atoms with Crippen molar-refractivity contribution in [3.8, 4) is 11.1 Å². The van der Waals surface area contributed by atoms with E-state index in [2.05, 4.69) is 17.1 Å². The third kappa shape index (κ3) is 3.45. The van der Waals surface area contributed by atoms with Crippen LogP contribution >= 0.6 is 0 Å². The molecule has 0 radical (unpaired) electrons. The van der Waals surface area contributed by atoms with Crippen LogP contribution in [0.15, 0.2) is 66.9 Å². The first kappa shape index (κ1) is 19.9. The molecule has 2 heterocycles. The van der Waals surface area contributed by atoms with E-state index in [1.54, 1.807) is 31.2 Å². The second-order valence-corrected chi connectivity index (χ2v) is 10.7. The Morgan fingerprint density at radius 3 is 2.48 bits per heavy atom. The van der Waals surface area contributed by atoms with Gasteiger partial charge < -0.3 is 4.40 Å². The molecule has 158 valence electrons. The van der Waals surface area contributed by atoms with Crippen LogP contribution in [0.5, 0.6) is 0 Å². The van der Waals surface area contributed by atoms with Gasteiger partial charge in [0.05, 0.1) is 16.6 Å². The van der Waals surface area contributed by atoms with Gasteiger partial charge in [-0.3, -0.25) is 0 Å². The minimum Gasteiger partial charge on any atom is -0.302 e. The van der Waals surface area contributed by atoms with Crippen LogP contribution in [-0.4, -0.2) is 24.1 Å². The van der Waals surface area contributed by atoms with Crippen molar-refractivity contribution in [3.63, 3.8) is 0 Å². The topological polar surface area (TPSA) is 51.4 Å². The Kier molecular flexibility index (Phi) is 4.70. The molecular weight excluding hydrogens is 411 g/mol. The molecule has 31 heavy (non-hydrogen) atoms. The Balaban J connectivity index is 1.59. The van der Waals surface area contributed by atoms with Crippen molar-refractivity contribution in [2.75, 3.05) is 6.26 Å². The lowest BCUT2D eigenvalue weighted by molar-refractivity contribution is 0.592. The van der Waals surface area contributed by atoms with Gasteiger partial charge in [-0.05, 0) is 36.5 Å². The molecule has 0 spiro atoms. The molecular formula is C25H23FN2O2S. The van der Waals surface area contributed by atoms with E-state index in [9.17, 15) is 12.8 Å². The van der Waals surface area contributed by atoms with Gasteiger partial charge in [0, 0.05) is 30.0 Å². The van der Waals surface area contributed by atoms with E-state index in [0.29, 0.717) is 22.3 Å². The molecule has 4 aromatic rings. The smallest absolute Gasteiger partial charge is 0.154 e. The van der Waals surface area contributed by atoms with Gasteiger partial charge in [-0.1, -0.05) is 54.6 Å². The highest BCUT2D eigenvalue weighted by Crippen LogP contribution is 2.39. The molecule has 0 aliphatic heterocycles. The summed E-state index contributed by atoms with van der Waals surface area (Å²) >= 11 is 0. The zero-order valence-electron chi connectivity index (χ0n) is 17.4. The first-order chi connectivity index (χ1) is 14.8. The molecule has 0 saturated heterocycles. The monoisotopic (exact) mass is 434 g/mol. The zero-order chi connectivity index (χ0) is 21.8. The number of imidazole rings is 1. The molecule has 5 rings (SSSR count). The van der Waals surface area contributed by atoms with Crippen LogP contribution < -0.4 is 0 Å². The lowest BCUT2D eigenvalue weighted by atomic mass is 9.97. The summed E-state index contributed by atoms with van der Waals surface area (Å²) in [5, 5.41) is -0.600. The maximum absolute atomic E-state index is 15.0. The first-order valence-corrected chi connectivity index (χ1v) is 12.3. The van der Waals surface area contributed by atoms with Gasteiger partial charge in [0.2, 0.25) is 0 Å². The Labute approximate surface area is 181 Å². The average Bonchev–Trinajstić information content (AvgIpc) is 3.31. The fourth-order valence-corrected chi connectivity index (χ4v) is 5.16. The van der Waals surface area contributed by atoms with E-state index in [1.807, 2.05) is 28.8 Å². The summed E-state index contributed by atoms with van der Waals surface area (Å²) in [6.45, 7) is 1.66. The van der Waals surface area contributed by atoms with E-state index in [4.69, 9.17) is 0 Å². The molecule has 0 fully saturated rings. The minimum absolute atomic E-state index is 0.238. The van der Waals surface area contributed by atoms with Crippen molar-refractivity contribution in [2.45, 2.75) is 30.9 Å². The van der Waals surface area contributed by atoms with Crippen molar-refractivity contribution in [2.24, 2.45) is 0 Å². The highest BCUT2D eigenvalue weighted by molar-refractivity contribution is 7.90. The van der Waals surface area contributed by atoms with Gasteiger partial charge in [-0.25, -0.2) is 17.8 Å². The van der Waals surface area contributed by atoms with E-state index in [1.165, 1.54) is 17.9 Å². The lowest BCUT2D eigenvalue weighted by Gasteiger charge is -2.14. The van der Waals surface area contributed by atoms with Crippen LogP contribution in [0.2, 0.25) is 0 Å². The average molecular weight is 435 g/mol. The molecule has 0 bridgehead atoms. The number of aromatic nitrogens is 2. The van der Waals surface area contributed by atoms with Crippen molar-refractivity contribution < 1.29 is 12.8 Å². The van der Waals surface area contributed by atoms with Gasteiger partial charge in [0.25, 0.3) is 0 Å². The second kappa shape index (κ2) is 7.31. The predicted octanol–water partition coefficient (Wildman–Crippen LogP) is 5.32. The third-order valence-electron chi connectivity index (χ3n) is 6.36. The molecule has 0 saturated carbocycles. The van der Waals surface area contributed by atoms with E-state index in [0.717, 1.165) is 24.2 Å². The summed E-state index contributed by atoms with van der Waals surface area (Å²) in [7, 11) is -3.19. The molecule has 1 unspecified atom stereocenters. The van der Waals surface area contributed by atoms with Crippen molar-refractivity contribution in [1.82, 2.24) is 9.38 Å². The molecule has 2 atom stereocenters. The Bertz CT molecular complexity index is 1380. The molecule has 0 amide bonds. The summed E-state index contributed by atoms with van der Waals surface area (Å²) in [5.41, 5.74) is 5.90. The summed E-state index contributed by atoms with van der Waals surface area (Å²) in [6.07, 6.45) is 4.93. The second-order valence-electron chi connectivity index (χ2n) is 8.30. The van der Waals surface area contributed by atoms with E-state index < -0.39 is 15.1 Å². The zero-order valence-corrected chi connectivity index (χ0v) is 18.2. The highest BCUT2D eigenvalue weighted by Gasteiger charge is 2.29. The number of benzene rings is 2. The number of halogens is 1. The molecule has 1 aliphatic carbocycles. The quantitative estimate of drug-likeness (QED) is 0.437. The summed E-state index contributed by atoms with van der Waals surface area (Å²) < 4.78 is 40.7. The molecule has 1 aliphatic rings. The van der Waals surface area contributed by atoms with E-state index in [-0.39, 0.29) is 11.7 Å². The van der Waals surface area contributed by atoms with Gasteiger partial charge >= 0.3 is 0 Å². The Hall–Kier alpha value is -2.99. The fraction of sp³-hybridized carbons (Fsp3) is 0.240. The van der Waals surface area contributed by atoms with Gasteiger partial charge in [0.1, 0.15) is 11.5 Å². The molecule has 4 nitrogen and oxygen atoms in total. The standard InChI is InChI=1S/C25H23FN2O2S/c1-16(31(2,29)30)17-8-10-19(11-9-17)21-15-28-24(14-22(21)26)27-23-13-12-20(25(23)28)18-6-4-3-5-7-18/h3-11,14-16,20H,12-13H2,1-2H3/t16?,20-/m1/s1. The molecule has 2 aromatic heterocycles. The Morgan fingerprint density at radius 1 is 1.10 bits per heavy atom. The van der Waals surface area contributed by atoms with Crippen LogP contribution in [0, 0.1) is 5.82 Å². The van der Waals surface area contributed by atoms with Crippen LogP contribution in [0.25, 0.3) is 16.8 Å². The van der Waals surface area contributed by atoms with E-state index >= 15 is 0 Å². The Morgan fingerprint density at radius 2 is 1.81 bits per heavy atom. The number of fused-ring (bicyclic) bond motifs is 3. The third-order valence-corrected chi connectivity index (χ3v) is 7.91. The molecule has 2 aromatic carbocycles. The summed E-state index contributed by atoms with van der Waals surface area (Å²) in [5.74, 6) is -0.0983. The number of nitrogens with zero attached hydrogens (tertiary/aromatic N) is 2.